The molecule has 30 heavy (non-hydrogen) atoms. The highest BCUT2D eigenvalue weighted by Crippen LogP contribution is 2.36. The van der Waals surface area contributed by atoms with E-state index in [1.165, 1.54) is 19.2 Å². The topological polar surface area (TPSA) is 47.4 Å². The van der Waals surface area contributed by atoms with E-state index in [2.05, 4.69) is 9.88 Å². The van der Waals surface area contributed by atoms with Crippen LogP contribution in [0, 0.1) is 5.92 Å². The zero-order chi connectivity index (χ0) is 21.5. The van der Waals surface area contributed by atoms with Gasteiger partial charge in [-0.05, 0) is 29.8 Å². The number of aromatic nitrogens is 2. The van der Waals surface area contributed by atoms with E-state index in [-0.39, 0.29) is 11.9 Å². The highest BCUT2D eigenvalue weighted by Gasteiger charge is 2.40. The van der Waals surface area contributed by atoms with Gasteiger partial charge in [0, 0.05) is 26.1 Å². The standard InChI is InChI=1S/C22H22F3N3O2/c1-27-19-6-4-3-5-18(19)26-20(27)13-28-11-16(17(12-28)21(29)30-2)14-7-9-15(10-8-14)22(23,24)25/h3-10,16-17H,11-13H2,1-2H3/t16-,17+/m1/s1. The lowest BCUT2D eigenvalue weighted by molar-refractivity contribution is -0.145. The minimum absolute atomic E-state index is 0.241. The van der Waals surface area contributed by atoms with Crippen molar-refractivity contribution in [3.8, 4) is 0 Å². The first-order valence-corrected chi connectivity index (χ1v) is 9.65. The molecule has 1 aliphatic heterocycles. The number of halogens is 3. The summed E-state index contributed by atoms with van der Waals surface area (Å²) in [5.41, 5.74) is 1.93. The number of esters is 1. The quantitative estimate of drug-likeness (QED) is 0.603. The SMILES string of the molecule is COC(=O)[C@H]1CN(Cc2nc3ccccc3n2C)C[C@@H]1c1ccc(C(F)(F)F)cc1. The molecule has 5 nitrogen and oxygen atoms in total. The van der Waals surface area contributed by atoms with Gasteiger partial charge in [-0.2, -0.15) is 13.2 Å². The number of nitrogens with zero attached hydrogens (tertiary/aromatic N) is 3. The molecular formula is C22H22F3N3O2. The first kappa shape index (κ1) is 20.4. The van der Waals surface area contributed by atoms with E-state index in [1.807, 2.05) is 35.9 Å². The smallest absolute Gasteiger partial charge is 0.416 e. The molecule has 2 heterocycles. The average Bonchev–Trinajstić information content (AvgIpc) is 3.29. The number of hydrogen-bond acceptors (Lipinski definition) is 4. The minimum atomic E-state index is -4.39. The van der Waals surface area contributed by atoms with Gasteiger partial charge in [0.2, 0.25) is 0 Å². The molecular weight excluding hydrogens is 395 g/mol. The van der Waals surface area contributed by atoms with Gasteiger partial charge in [0.15, 0.2) is 0 Å². The Morgan fingerprint density at radius 3 is 2.47 bits per heavy atom. The van der Waals surface area contributed by atoms with Crippen molar-refractivity contribution in [1.29, 1.82) is 0 Å². The second-order valence-electron chi connectivity index (χ2n) is 7.63. The number of aryl methyl sites for hydroxylation is 1. The molecule has 2 aromatic carbocycles. The summed E-state index contributed by atoms with van der Waals surface area (Å²) in [7, 11) is 3.28. The summed E-state index contributed by atoms with van der Waals surface area (Å²) in [5, 5.41) is 0. The van der Waals surface area contributed by atoms with Crippen molar-refractivity contribution >= 4 is 17.0 Å². The van der Waals surface area contributed by atoms with Crippen molar-refractivity contribution < 1.29 is 22.7 Å². The molecule has 0 N–H and O–H groups in total. The van der Waals surface area contributed by atoms with Gasteiger partial charge in [-0.15, -0.1) is 0 Å². The third-order valence-electron chi connectivity index (χ3n) is 5.81. The Morgan fingerprint density at radius 2 is 1.83 bits per heavy atom. The first-order valence-electron chi connectivity index (χ1n) is 9.65. The van der Waals surface area contributed by atoms with Crippen molar-refractivity contribution in [1.82, 2.24) is 14.5 Å². The van der Waals surface area contributed by atoms with Gasteiger partial charge in [-0.3, -0.25) is 9.69 Å². The summed E-state index contributed by atoms with van der Waals surface area (Å²) in [6.07, 6.45) is -4.39. The largest absolute Gasteiger partial charge is 0.469 e. The van der Waals surface area contributed by atoms with Crippen LogP contribution in [-0.4, -0.2) is 40.6 Å². The summed E-state index contributed by atoms with van der Waals surface area (Å²) in [6.45, 7) is 1.53. The fraction of sp³-hybridized carbons (Fsp3) is 0.364. The number of imidazole rings is 1. The third-order valence-corrected chi connectivity index (χ3v) is 5.81. The van der Waals surface area contributed by atoms with Gasteiger partial charge in [0.1, 0.15) is 5.82 Å². The maximum absolute atomic E-state index is 12.9. The lowest BCUT2D eigenvalue weighted by atomic mass is 9.88. The van der Waals surface area contributed by atoms with Crippen LogP contribution in [0.25, 0.3) is 11.0 Å². The Kier molecular flexibility index (Phi) is 5.27. The Morgan fingerprint density at radius 1 is 1.13 bits per heavy atom. The molecule has 3 aromatic rings. The summed E-state index contributed by atoms with van der Waals surface area (Å²) < 4.78 is 45.7. The summed E-state index contributed by atoms with van der Waals surface area (Å²) in [4.78, 5) is 19.2. The predicted octanol–water partition coefficient (Wildman–Crippen LogP) is 3.98. The number of benzene rings is 2. The average molecular weight is 417 g/mol. The molecule has 8 heteroatoms. The van der Waals surface area contributed by atoms with Crippen molar-refractivity contribution in [2.24, 2.45) is 13.0 Å². The van der Waals surface area contributed by atoms with E-state index in [1.54, 1.807) is 0 Å². The maximum Gasteiger partial charge on any atom is 0.416 e. The molecule has 1 aromatic heterocycles. The van der Waals surface area contributed by atoms with E-state index >= 15 is 0 Å². The molecule has 0 unspecified atom stereocenters. The molecule has 0 saturated carbocycles. The van der Waals surface area contributed by atoms with Crippen LogP contribution in [-0.2, 0) is 29.3 Å². The fourth-order valence-corrected chi connectivity index (χ4v) is 4.20. The number of rotatable bonds is 4. The van der Waals surface area contributed by atoms with E-state index < -0.39 is 17.7 Å². The summed E-state index contributed by atoms with van der Waals surface area (Å²) >= 11 is 0. The molecule has 1 saturated heterocycles. The number of fused-ring (bicyclic) bond motifs is 1. The van der Waals surface area contributed by atoms with Gasteiger partial charge in [0.25, 0.3) is 0 Å². The Hall–Kier alpha value is -2.87. The number of likely N-dealkylation sites (tertiary alicyclic amines) is 1. The summed E-state index contributed by atoms with van der Waals surface area (Å²) in [6, 6.07) is 12.9. The first-order chi connectivity index (χ1) is 14.3. The number of carbonyl (C=O) groups is 1. The molecule has 158 valence electrons. The number of alkyl halides is 3. The second-order valence-corrected chi connectivity index (χ2v) is 7.63. The fourth-order valence-electron chi connectivity index (χ4n) is 4.20. The third kappa shape index (κ3) is 3.79. The van der Waals surface area contributed by atoms with Crippen LogP contribution in [0.1, 0.15) is 22.9 Å². The van der Waals surface area contributed by atoms with Crippen LogP contribution < -0.4 is 0 Å². The number of methoxy groups -OCH3 is 1. The number of carbonyl (C=O) groups excluding carboxylic acids is 1. The van der Waals surface area contributed by atoms with Gasteiger partial charge >= 0.3 is 12.1 Å². The van der Waals surface area contributed by atoms with Crippen LogP contribution in [0.15, 0.2) is 48.5 Å². The molecule has 1 aliphatic rings. The summed E-state index contributed by atoms with van der Waals surface area (Å²) in [5.74, 6) is -0.170. The minimum Gasteiger partial charge on any atom is -0.469 e. The highest BCUT2D eigenvalue weighted by molar-refractivity contribution is 5.76. The van der Waals surface area contributed by atoms with Crippen molar-refractivity contribution in [2.45, 2.75) is 18.6 Å². The van der Waals surface area contributed by atoms with E-state index in [4.69, 9.17) is 4.74 Å². The number of hydrogen-bond donors (Lipinski definition) is 0. The predicted molar refractivity (Wildman–Crippen MR) is 106 cm³/mol. The Bertz CT molecular complexity index is 1060. The molecule has 4 rings (SSSR count). The lowest BCUT2D eigenvalue weighted by Gasteiger charge is -2.17. The van der Waals surface area contributed by atoms with Crippen LogP contribution in [0.2, 0.25) is 0 Å². The zero-order valence-corrected chi connectivity index (χ0v) is 16.7. The monoisotopic (exact) mass is 417 g/mol. The molecule has 0 aliphatic carbocycles. The zero-order valence-electron chi connectivity index (χ0n) is 16.7. The maximum atomic E-state index is 12.9. The molecule has 0 amide bonds. The van der Waals surface area contributed by atoms with E-state index in [0.717, 1.165) is 29.0 Å². The highest BCUT2D eigenvalue weighted by atomic mass is 19.4. The Labute approximate surface area is 172 Å². The van der Waals surface area contributed by atoms with Crippen LogP contribution >= 0.6 is 0 Å². The molecule has 2 atom stereocenters. The van der Waals surface area contributed by atoms with Gasteiger partial charge in [-0.1, -0.05) is 24.3 Å². The van der Waals surface area contributed by atoms with Gasteiger partial charge in [-0.25, -0.2) is 4.98 Å². The van der Waals surface area contributed by atoms with Crippen molar-refractivity contribution in [2.75, 3.05) is 20.2 Å². The van der Waals surface area contributed by atoms with Crippen molar-refractivity contribution in [3.63, 3.8) is 0 Å². The Balaban J connectivity index is 1.58. The van der Waals surface area contributed by atoms with Gasteiger partial charge < -0.3 is 9.30 Å². The van der Waals surface area contributed by atoms with Crippen molar-refractivity contribution in [3.05, 3.63) is 65.5 Å². The molecule has 0 radical (unpaired) electrons. The van der Waals surface area contributed by atoms with Crippen LogP contribution in [0.3, 0.4) is 0 Å². The van der Waals surface area contributed by atoms with Crippen LogP contribution in [0.5, 0.6) is 0 Å². The van der Waals surface area contributed by atoms with Crippen LogP contribution in [0.4, 0.5) is 13.2 Å². The second kappa shape index (κ2) is 7.75. The number of ether oxygens (including phenoxy) is 1. The van der Waals surface area contributed by atoms with E-state index in [0.29, 0.717) is 25.2 Å². The van der Waals surface area contributed by atoms with Gasteiger partial charge in [0.05, 0.1) is 36.2 Å². The molecule has 0 bridgehead atoms. The lowest BCUT2D eigenvalue weighted by Crippen LogP contribution is -2.25. The van der Waals surface area contributed by atoms with E-state index in [9.17, 15) is 18.0 Å². The number of para-hydroxylation sites is 2. The molecule has 0 spiro atoms. The molecule has 1 fully saturated rings. The normalized spacial score (nSPS) is 20.0.